The summed E-state index contributed by atoms with van der Waals surface area (Å²) in [5.41, 5.74) is 14.2. The van der Waals surface area contributed by atoms with Crippen LogP contribution in [0.15, 0.2) is 239 Å². The largest absolute Gasteiger partial charge is 0.455 e. The molecule has 0 amide bonds. The van der Waals surface area contributed by atoms with Crippen LogP contribution in [-0.4, -0.2) is 4.57 Å². The van der Waals surface area contributed by atoms with E-state index in [1.807, 2.05) is 12.1 Å². The highest BCUT2D eigenvalue weighted by Crippen LogP contribution is 2.50. The van der Waals surface area contributed by atoms with Gasteiger partial charge in [-0.3, -0.25) is 0 Å². The second kappa shape index (κ2) is 14.3. The van der Waals surface area contributed by atoms with Crippen molar-refractivity contribution < 1.29 is 8.83 Å². The monoisotopic (exact) mass is 842 g/mol. The molecule has 0 radical (unpaired) electrons. The van der Waals surface area contributed by atoms with Crippen LogP contribution in [-0.2, 0) is 0 Å². The number of nitrogens with zero attached hydrogens (tertiary/aromatic N) is 2. The van der Waals surface area contributed by atoms with E-state index in [0.29, 0.717) is 0 Å². The number of para-hydroxylation sites is 5. The van der Waals surface area contributed by atoms with Crippen LogP contribution in [0.5, 0.6) is 0 Å². The Balaban J connectivity index is 1.05. The van der Waals surface area contributed by atoms with E-state index >= 15 is 0 Å². The van der Waals surface area contributed by atoms with E-state index in [2.05, 4.69) is 228 Å². The Bertz CT molecular complexity index is 4190. The van der Waals surface area contributed by atoms with Crippen LogP contribution in [0.2, 0.25) is 0 Å². The fourth-order valence-corrected chi connectivity index (χ4v) is 10.6. The molecule has 4 heteroatoms. The van der Waals surface area contributed by atoms with E-state index in [1.165, 1.54) is 38.0 Å². The van der Waals surface area contributed by atoms with Crippen molar-refractivity contribution in [3.63, 3.8) is 0 Å². The zero-order valence-corrected chi connectivity index (χ0v) is 35.7. The van der Waals surface area contributed by atoms with Crippen LogP contribution >= 0.6 is 0 Å². The number of benzene rings is 11. The molecule has 0 aliphatic rings. The third-order valence-corrected chi connectivity index (χ3v) is 13.6. The molecule has 0 atom stereocenters. The topological polar surface area (TPSA) is 34.5 Å². The highest BCUT2D eigenvalue weighted by atomic mass is 16.3. The Kier molecular flexibility index (Phi) is 7.95. The molecule has 0 saturated heterocycles. The van der Waals surface area contributed by atoms with Gasteiger partial charge in [-0.1, -0.05) is 164 Å². The maximum Gasteiger partial charge on any atom is 0.145 e. The predicted octanol–water partition coefficient (Wildman–Crippen LogP) is 17.7. The first kappa shape index (κ1) is 36.6. The minimum absolute atomic E-state index is 0.844. The summed E-state index contributed by atoms with van der Waals surface area (Å²) in [7, 11) is 0. The molecular weight excluding hydrogens is 805 g/mol. The summed E-state index contributed by atoms with van der Waals surface area (Å²) >= 11 is 0. The van der Waals surface area contributed by atoms with E-state index < -0.39 is 0 Å². The van der Waals surface area contributed by atoms with Crippen LogP contribution in [0.3, 0.4) is 0 Å². The third-order valence-electron chi connectivity index (χ3n) is 13.6. The van der Waals surface area contributed by atoms with Crippen LogP contribution in [0.1, 0.15) is 0 Å². The van der Waals surface area contributed by atoms with Gasteiger partial charge in [0.2, 0.25) is 0 Å². The van der Waals surface area contributed by atoms with Crippen molar-refractivity contribution in [2.45, 2.75) is 0 Å². The number of rotatable bonds is 6. The van der Waals surface area contributed by atoms with Gasteiger partial charge in [0, 0.05) is 60.2 Å². The second-order valence-electron chi connectivity index (χ2n) is 17.2. The molecule has 11 aromatic carbocycles. The first-order valence-electron chi connectivity index (χ1n) is 22.5. The lowest BCUT2D eigenvalue weighted by Crippen LogP contribution is -2.12. The molecule has 308 valence electrons. The van der Waals surface area contributed by atoms with E-state index in [0.717, 1.165) is 94.3 Å². The first-order valence-corrected chi connectivity index (χ1v) is 22.5. The summed E-state index contributed by atoms with van der Waals surface area (Å²) in [5, 5.41) is 11.6. The maximum atomic E-state index is 7.03. The molecule has 0 spiro atoms. The molecule has 0 fully saturated rings. The smallest absolute Gasteiger partial charge is 0.145 e. The molecule has 0 aliphatic heterocycles. The van der Waals surface area contributed by atoms with Crippen molar-refractivity contribution in [3.05, 3.63) is 231 Å². The Hall–Kier alpha value is -8.86. The Morgan fingerprint density at radius 3 is 1.62 bits per heavy atom. The molecule has 14 aromatic rings. The minimum Gasteiger partial charge on any atom is -0.455 e. The van der Waals surface area contributed by atoms with Gasteiger partial charge in [0.05, 0.1) is 22.4 Å². The summed E-state index contributed by atoms with van der Waals surface area (Å²) in [6, 6.07) is 82.8. The highest BCUT2D eigenvalue weighted by molar-refractivity contribution is 6.18. The quantitative estimate of drug-likeness (QED) is 0.156. The van der Waals surface area contributed by atoms with E-state index in [-0.39, 0.29) is 0 Å². The van der Waals surface area contributed by atoms with Gasteiger partial charge < -0.3 is 18.3 Å². The fraction of sp³-hybridized carbons (Fsp3) is 0. The second-order valence-corrected chi connectivity index (χ2v) is 17.2. The van der Waals surface area contributed by atoms with Crippen LogP contribution in [0, 0.1) is 0 Å². The molecule has 0 unspecified atom stereocenters. The zero-order chi connectivity index (χ0) is 43.3. The molecule has 14 rings (SSSR count). The van der Waals surface area contributed by atoms with E-state index in [9.17, 15) is 0 Å². The maximum absolute atomic E-state index is 7.03. The fourth-order valence-electron chi connectivity index (χ4n) is 10.6. The van der Waals surface area contributed by atoms with Gasteiger partial charge in [-0.05, 0) is 94.0 Å². The predicted molar refractivity (Wildman–Crippen MR) is 276 cm³/mol. The number of aromatic nitrogens is 1. The summed E-state index contributed by atoms with van der Waals surface area (Å²) in [6.45, 7) is 0. The summed E-state index contributed by atoms with van der Waals surface area (Å²) in [4.78, 5) is 2.44. The van der Waals surface area contributed by atoms with Crippen molar-refractivity contribution in [1.82, 2.24) is 4.57 Å². The molecule has 0 N–H and O–H groups in total. The summed E-state index contributed by atoms with van der Waals surface area (Å²) in [5.74, 6) is 0. The lowest BCUT2D eigenvalue weighted by atomic mass is 9.95. The number of anilines is 3. The number of furan rings is 2. The average molecular weight is 843 g/mol. The third kappa shape index (κ3) is 5.45. The van der Waals surface area contributed by atoms with Crippen LogP contribution in [0.25, 0.3) is 115 Å². The normalized spacial score (nSPS) is 11.9. The lowest BCUT2D eigenvalue weighted by Gasteiger charge is -2.30. The summed E-state index contributed by atoms with van der Waals surface area (Å²) < 4.78 is 16.0. The molecule has 4 nitrogen and oxygen atoms in total. The Labute approximate surface area is 379 Å². The lowest BCUT2D eigenvalue weighted by molar-refractivity contribution is 0.669. The first-order chi connectivity index (χ1) is 32.7. The Morgan fingerprint density at radius 1 is 0.333 bits per heavy atom. The molecule has 0 aliphatic carbocycles. The van der Waals surface area contributed by atoms with Gasteiger partial charge in [0.1, 0.15) is 22.3 Å². The molecule has 3 heterocycles. The van der Waals surface area contributed by atoms with Gasteiger partial charge in [-0.15, -0.1) is 0 Å². The molecule has 0 bridgehead atoms. The van der Waals surface area contributed by atoms with E-state index in [1.54, 1.807) is 0 Å². The van der Waals surface area contributed by atoms with Gasteiger partial charge in [0.15, 0.2) is 0 Å². The van der Waals surface area contributed by atoms with Gasteiger partial charge in [-0.25, -0.2) is 0 Å². The number of hydrogen-bond donors (Lipinski definition) is 0. The molecule has 3 aromatic heterocycles. The van der Waals surface area contributed by atoms with Gasteiger partial charge >= 0.3 is 0 Å². The molecular formula is C62H38N2O2. The average Bonchev–Trinajstić information content (AvgIpc) is 4.07. The van der Waals surface area contributed by atoms with Crippen molar-refractivity contribution in [2.75, 3.05) is 4.90 Å². The minimum atomic E-state index is 0.844. The number of hydrogen-bond acceptors (Lipinski definition) is 3. The van der Waals surface area contributed by atoms with Crippen molar-refractivity contribution in [3.8, 4) is 27.9 Å². The molecule has 66 heavy (non-hydrogen) atoms. The van der Waals surface area contributed by atoms with Crippen molar-refractivity contribution in [2.24, 2.45) is 0 Å². The SMILES string of the molecule is c1cc(-c2c(N(c3ccc(-c4cccc5c4oc4ccccc45)cc3)c3cc4ccccc4c4ccccc34)ccc3c2oc2ccccc23)cc(-n2c3ccccc3c3ccccc32)c1. The number of fused-ring (bicyclic) bond motifs is 12. The zero-order valence-electron chi connectivity index (χ0n) is 35.7. The highest BCUT2D eigenvalue weighted by Gasteiger charge is 2.26. The van der Waals surface area contributed by atoms with Crippen LogP contribution < -0.4 is 4.90 Å². The van der Waals surface area contributed by atoms with Crippen LogP contribution in [0.4, 0.5) is 17.1 Å². The van der Waals surface area contributed by atoms with Gasteiger partial charge in [0.25, 0.3) is 0 Å². The van der Waals surface area contributed by atoms with E-state index in [4.69, 9.17) is 8.83 Å². The van der Waals surface area contributed by atoms with Crippen molar-refractivity contribution >= 4 is 104 Å². The Morgan fingerprint density at radius 2 is 0.894 bits per heavy atom. The molecule has 0 saturated carbocycles. The van der Waals surface area contributed by atoms with Gasteiger partial charge in [-0.2, -0.15) is 0 Å². The standard InChI is InChI=1S/C62H38N2O2/c1-2-18-44-40(15-1)38-57(47-20-4-3-19-46(44)47)63(42-33-31-39(32-34-42)45-25-14-26-52-50-23-7-11-29-58(50)65-61(45)52)56-36-35-53-51-24-8-12-30-59(51)66-62(53)60(56)41-16-13-17-43(37-41)64-54-27-9-5-21-48(54)49-22-6-10-28-55(49)64/h1-38H. The summed E-state index contributed by atoms with van der Waals surface area (Å²) in [6.07, 6.45) is 0. The van der Waals surface area contributed by atoms with Crippen molar-refractivity contribution in [1.29, 1.82) is 0 Å².